The van der Waals surface area contributed by atoms with Crippen LogP contribution in [0.4, 0.5) is 0 Å². The maximum Gasteiger partial charge on any atom is 0.304 e. The van der Waals surface area contributed by atoms with Gasteiger partial charge >= 0.3 is 5.97 Å². The SMILES string of the molecule is COc1cc(C(C)(C)CC(=O)O)c(Cl)cc1OC1CCCC1. The highest BCUT2D eigenvalue weighted by Gasteiger charge is 2.29. The average Bonchev–Trinajstić information content (AvgIpc) is 2.90. The fraction of sp³-hybridized carbons (Fsp3) is 0.588. The van der Waals surface area contributed by atoms with Gasteiger partial charge in [0.1, 0.15) is 0 Å². The van der Waals surface area contributed by atoms with Gasteiger partial charge in [-0.25, -0.2) is 0 Å². The van der Waals surface area contributed by atoms with Crippen LogP contribution in [0.1, 0.15) is 51.5 Å². The molecule has 0 aliphatic heterocycles. The quantitative estimate of drug-likeness (QED) is 0.840. The summed E-state index contributed by atoms with van der Waals surface area (Å²) in [6, 6.07) is 3.55. The fourth-order valence-electron chi connectivity index (χ4n) is 2.96. The van der Waals surface area contributed by atoms with E-state index < -0.39 is 11.4 Å². The van der Waals surface area contributed by atoms with Gasteiger partial charge in [0.15, 0.2) is 11.5 Å². The van der Waals surface area contributed by atoms with Gasteiger partial charge in [0.05, 0.1) is 19.6 Å². The molecular weight excluding hydrogens is 304 g/mol. The van der Waals surface area contributed by atoms with E-state index in [9.17, 15) is 4.79 Å². The van der Waals surface area contributed by atoms with Gasteiger partial charge in [-0.1, -0.05) is 25.4 Å². The van der Waals surface area contributed by atoms with Gasteiger partial charge in [-0.3, -0.25) is 4.79 Å². The summed E-state index contributed by atoms with van der Waals surface area (Å²) in [6.07, 6.45) is 4.68. The number of hydrogen-bond acceptors (Lipinski definition) is 3. The second-order valence-corrected chi connectivity index (χ2v) is 6.87. The van der Waals surface area contributed by atoms with Crippen LogP contribution < -0.4 is 9.47 Å². The van der Waals surface area contributed by atoms with Gasteiger partial charge in [-0.15, -0.1) is 0 Å². The maximum absolute atomic E-state index is 11.1. The lowest BCUT2D eigenvalue weighted by molar-refractivity contribution is -0.138. The lowest BCUT2D eigenvalue weighted by Gasteiger charge is -2.26. The maximum atomic E-state index is 11.1. The number of carboxylic acids is 1. The molecule has 1 aromatic rings. The molecule has 0 radical (unpaired) electrons. The molecule has 1 fully saturated rings. The van der Waals surface area contributed by atoms with Crippen molar-refractivity contribution in [1.29, 1.82) is 0 Å². The molecule has 1 N–H and O–H groups in total. The monoisotopic (exact) mass is 326 g/mol. The molecule has 0 amide bonds. The van der Waals surface area contributed by atoms with E-state index in [4.69, 9.17) is 26.2 Å². The van der Waals surface area contributed by atoms with E-state index in [1.165, 1.54) is 12.8 Å². The molecule has 0 bridgehead atoms. The third-order valence-corrected chi connectivity index (χ3v) is 4.48. The van der Waals surface area contributed by atoms with Crippen molar-refractivity contribution in [3.63, 3.8) is 0 Å². The van der Waals surface area contributed by atoms with Crippen molar-refractivity contribution in [2.24, 2.45) is 0 Å². The number of methoxy groups -OCH3 is 1. The zero-order valence-corrected chi connectivity index (χ0v) is 14.1. The number of hydrogen-bond donors (Lipinski definition) is 1. The molecule has 0 spiro atoms. The fourth-order valence-corrected chi connectivity index (χ4v) is 3.37. The van der Waals surface area contributed by atoms with E-state index in [1.807, 2.05) is 13.8 Å². The summed E-state index contributed by atoms with van der Waals surface area (Å²) in [7, 11) is 1.58. The Morgan fingerprint density at radius 2 is 1.95 bits per heavy atom. The summed E-state index contributed by atoms with van der Waals surface area (Å²) in [4.78, 5) is 11.1. The van der Waals surface area contributed by atoms with E-state index >= 15 is 0 Å². The Balaban J connectivity index is 2.31. The molecule has 1 aromatic carbocycles. The van der Waals surface area contributed by atoms with Crippen LogP contribution in [0.25, 0.3) is 0 Å². The largest absolute Gasteiger partial charge is 0.493 e. The van der Waals surface area contributed by atoms with Crippen molar-refractivity contribution in [1.82, 2.24) is 0 Å². The van der Waals surface area contributed by atoms with Crippen LogP contribution in [0.5, 0.6) is 11.5 Å². The van der Waals surface area contributed by atoms with E-state index in [2.05, 4.69) is 0 Å². The summed E-state index contributed by atoms with van der Waals surface area (Å²) < 4.78 is 11.4. The number of aliphatic carboxylic acids is 1. The zero-order chi connectivity index (χ0) is 16.3. The van der Waals surface area contributed by atoms with Gasteiger partial charge in [0.25, 0.3) is 0 Å². The second kappa shape index (κ2) is 6.78. The molecule has 5 heteroatoms. The average molecular weight is 327 g/mol. The molecule has 0 heterocycles. The molecule has 1 saturated carbocycles. The first-order valence-electron chi connectivity index (χ1n) is 7.60. The van der Waals surface area contributed by atoms with Crippen LogP contribution in [0.15, 0.2) is 12.1 Å². The normalized spacial score (nSPS) is 15.8. The summed E-state index contributed by atoms with van der Waals surface area (Å²) in [5.41, 5.74) is 0.175. The van der Waals surface area contributed by atoms with E-state index in [-0.39, 0.29) is 12.5 Å². The van der Waals surface area contributed by atoms with Crippen molar-refractivity contribution in [2.75, 3.05) is 7.11 Å². The van der Waals surface area contributed by atoms with Gasteiger partial charge in [0, 0.05) is 16.5 Å². The van der Waals surface area contributed by atoms with E-state index in [0.717, 1.165) is 18.4 Å². The Bertz CT molecular complexity index is 548. The van der Waals surface area contributed by atoms with Crippen LogP contribution >= 0.6 is 11.6 Å². The zero-order valence-electron chi connectivity index (χ0n) is 13.3. The molecule has 2 rings (SSSR count). The Labute approximate surface area is 136 Å². The van der Waals surface area contributed by atoms with Gasteiger partial charge in [-0.2, -0.15) is 0 Å². The van der Waals surface area contributed by atoms with Crippen molar-refractivity contribution >= 4 is 17.6 Å². The Morgan fingerprint density at radius 3 is 2.50 bits per heavy atom. The summed E-state index contributed by atoms with van der Waals surface area (Å²) in [5.74, 6) is 0.380. The molecule has 0 saturated heterocycles. The van der Waals surface area contributed by atoms with E-state index in [1.54, 1.807) is 19.2 Å². The van der Waals surface area contributed by atoms with Gasteiger partial charge < -0.3 is 14.6 Å². The van der Waals surface area contributed by atoms with Gasteiger partial charge in [0.2, 0.25) is 0 Å². The highest BCUT2D eigenvalue weighted by Crippen LogP contribution is 2.41. The van der Waals surface area contributed by atoms with Crippen molar-refractivity contribution < 1.29 is 19.4 Å². The number of ether oxygens (including phenoxy) is 2. The van der Waals surface area contributed by atoms with Crippen LogP contribution in [-0.4, -0.2) is 24.3 Å². The molecule has 0 unspecified atom stereocenters. The number of rotatable bonds is 6. The standard InChI is InChI=1S/C17H23ClO4/c1-17(2,10-16(19)20)12-8-14(21-3)15(9-13(12)18)22-11-6-4-5-7-11/h8-9,11H,4-7,10H2,1-3H3,(H,19,20). The van der Waals surface area contributed by atoms with Crippen LogP contribution in [0.2, 0.25) is 5.02 Å². The van der Waals surface area contributed by atoms with Crippen molar-refractivity contribution in [3.8, 4) is 11.5 Å². The highest BCUT2D eigenvalue weighted by molar-refractivity contribution is 6.31. The summed E-state index contributed by atoms with van der Waals surface area (Å²) in [5, 5.41) is 9.59. The first-order chi connectivity index (χ1) is 10.3. The second-order valence-electron chi connectivity index (χ2n) is 6.46. The lowest BCUT2D eigenvalue weighted by Crippen LogP contribution is -2.22. The number of halogens is 1. The predicted molar refractivity (Wildman–Crippen MR) is 86.2 cm³/mol. The van der Waals surface area contributed by atoms with Crippen molar-refractivity contribution in [2.45, 2.75) is 57.5 Å². The molecular formula is C17H23ClO4. The molecule has 122 valence electrons. The topological polar surface area (TPSA) is 55.8 Å². The van der Waals surface area contributed by atoms with E-state index in [0.29, 0.717) is 16.5 Å². The molecule has 1 aliphatic carbocycles. The summed E-state index contributed by atoms with van der Waals surface area (Å²) in [6.45, 7) is 3.72. The minimum atomic E-state index is -0.855. The molecule has 22 heavy (non-hydrogen) atoms. The smallest absolute Gasteiger partial charge is 0.304 e. The number of carboxylic acid groups (broad SMARTS) is 1. The number of benzene rings is 1. The van der Waals surface area contributed by atoms with Crippen LogP contribution in [0.3, 0.4) is 0 Å². The molecule has 1 aliphatic rings. The molecule has 0 atom stereocenters. The lowest BCUT2D eigenvalue weighted by atomic mass is 9.81. The third kappa shape index (κ3) is 3.86. The minimum absolute atomic E-state index is 0.00129. The number of carbonyl (C=O) groups is 1. The Kier molecular flexibility index (Phi) is 5.22. The first-order valence-corrected chi connectivity index (χ1v) is 7.98. The molecule has 0 aromatic heterocycles. The Morgan fingerprint density at radius 1 is 1.32 bits per heavy atom. The summed E-state index contributed by atoms with van der Waals surface area (Å²) >= 11 is 6.38. The van der Waals surface area contributed by atoms with Gasteiger partial charge in [-0.05, 0) is 37.3 Å². The first kappa shape index (κ1) is 16.9. The minimum Gasteiger partial charge on any atom is -0.493 e. The Hall–Kier alpha value is -1.42. The third-order valence-electron chi connectivity index (χ3n) is 4.17. The van der Waals surface area contributed by atoms with Crippen LogP contribution in [0, 0.1) is 0 Å². The highest BCUT2D eigenvalue weighted by atomic mass is 35.5. The van der Waals surface area contributed by atoms with Crippen molar-refractivity contribution in [3.05, 3.63) is 22.7 Å². The predicted octanol–water partition coefficient (Wildman–Crippen LogP) is 4.42. The van der Waals surface area contributed by atoms with Crippen LogP contribution in [-0.2, 0) is 10.2 Å². The molecule has 4 nitrogen and oxygen atoms in total.